The van der Waals surface area contributed by atoms with E-state index in [1.165, 1.54) is 5.56 Å². The minimum atomic E-state index is -3.20. The number of rotatable bonds is 4. The van der Waals surface area contributed by atoms with Gasteiger partial charge >= 0.3 is 0 Å². The van der Waals surface area contributed by atoms with E-state index in [-0.39, 0.29) is 11.8 Å². The smallest absolute Gasteiger partial charge is 0.215 e. The van der Waals surface area contributed by atoms with Crippen molar-refractivity contribution in [2.75, 3.05) is 12.3 Å². The first-order chi connectivity index (χ1) is 11.0. The van der Waals surface area contributed by atoms with Crippen molar-refractivity contribution >= 4 is 27.2 Å². The van der Waals surface area contributed by atoms with E-state index in [0.29, 0.717) is 11.4 Å². The van der Waals surface area contributed by atoms with Crippen LogP contribution < -0.4 is 10.5 Å². The fourth-order valence-corrected chi connectivity index (χ4v) is 4.32. The van der Waals surface area contributed by atoms with Crippen LogP contribution in [0.15, 0.2) is 23.7 Å². The van der Waals surface area contributed by atoms with Crippen LogP contribution in [0.3, 0.4) is 0 Å². The fourth-order valence-electron chi connectivity index (χ4n) is 2.14. The van der Waals surface area contributed by atoms with Gasteiger partial charge in [-0.1, -0.05) is 11.8 Å². The third-order valence-corrected chi connectivity index (χ3v) is 6.55. The van der Waals surface area contributed by atoms with E-state index in [2.05, 4.69) is 21.5 Å². The summed E-state index contributed by atoms with van der Waals surface area (Å²) in [6.45, 7) is 2.13. The summed E-state index contributed by atoms with van der Waals surface area (Å²) in [5.41, 5.74) is 8.62. The van der Waals surface area contributed by atoms with E-state index >= 15 is 0 Å². The van der Waals surface area contributed by atoms with Crippen LogP contribution in [-0.4, -0.2) is 25.2 Å². The Morgan fingerprint density at radius 2 is 2.26 bits per heavy atom. The van der Waals surface area contributed by atoms with Crippen molar-refractivity contribution in [1.82, 2.24) is 9.71 Å². The van der Waals surface area contributed by atoms with E-state index in [4.69, 9.17) is 5.73 Å². The summed E-state index contributed by atoms with van der Waals surface area (Å²) in [5.74, 6) is 6.07. The topological polar surface area (TPSA) is 85.1 Å². The lowest BCUT2D eigenvalue weighted by atomic mass is 10.1. The summed E-state index contributed by atoms with van der Waals surface area (Å²) < 4.78 is 25.9. The Bertz CT molecular complexity index is 888. The number of sulfonamides is 1. The summed E-state index contributed by atoms with van der Waals surface area (Å²) in [6.07, 6.45) is 3.21. The van der Waals surface area contributed by atoms with E-state index in [1.54, 1.807) is 17.5 Å². The summed E-state index contributed by atoms with van der Waals surface area (Å²) in [5, 5.41) is 1.79. The highest BCUT2D eigenvalue weighted by Gasteiger charge is 2.34. The average Bonchev–Trinajstić information content (AvgIpc) is 3.29. The molecular weight excluding hydrogens is 330 g/mol. The van der Waals surface area contributed by atoms with Gasteiger partial charge < -0.3 is 5.73 Å². The second kappa shape index (κ2) is 6.32. The molecule has 0 amide bonds. The third kappa shape index (κ3) is 3.72. The number of anilines is 1. The molecule has 23 heavy (non-hydrogen) atoms. The van der Waals surface area contributed by atoms with E-state index in [0.717, 1.165) is 23.3 Å². The number of aromatic nitrogens is 1. The van der Waals surface area contributed by atoms with Crippen molar-refractivity contribution in [3.63, 3.8) is 0 Å². The van der Waals surface area contributed by atoms with Gasteiger partial charge in [-0.3, -0.25) is 0 Å². The Labute approximate surface area is 140 Å². The molecule has 2 aromatic rings. The van der Waals surface area contributed by atoms with Crippen molar-refractivity contribution in [1.29, 1.82) is 0 Å². The number of hydrogen-bond acceptors (Lipinski definition) is 5. The second-order valence-electron chi connectivity index (χ2n) is 5.46. The number of nitrogen functional groups attached to an aromatic ring is 1. The van der Waals surface area contributed by atoms with Gasteiger partial charge in [0.25, 0.3) is 0 Å². The van der Waals surface area contributed by atoms with Crippen LogP contribution in [-0.2, 0) is 10.0 Å². The van der Waals surface area contributed by atoms with Gasteiger partial charge in [-0.2, -0.15) is 0 Å². The zero-order valence-corrected chi connectivity index (χ0v) is 14.3. The molecule has 1 aliphatic rings. The van der Waals surface area contributed by atoms with E-state index < -0.39 is 10.0 Å². The molecule has 1 aliphatic carbocycles. The number of hydrogen-bond donors (Lipinski definition) is 2. The lowest BCUT2D eigenvalue weighted by Crippen LogP contribution is -2.27. The molecule has 0 aromatic carbocycles. The zero-order valence-electron chi connectivity index (χ0n) is 12.7. The number of pyridine rings is 1. The van der Waals surface area contributed by atoms with E-state index in [9.17, 15) is 8.42 Å². The molecule has 1 saturated carbocycles. The predicted molar refractivity (Wildman–Crippen MR) is 93.5 cm³/mol. The van der Waals surface area contributed by atoms with Crippen molar-refractivity contribution in [3.8, 4) is 22.3 Å². The van der Waals surface area contributed by atoms with Crippen LogP contribution in [0, 0.1) is 18.8 Å². The average molecular weight is 347 g/mol. The highest BCUT2D eigenvalue weighted by molar-refractivity contribution is 7.90. The molecule has 0 atom stereocenters. The van der Waals surface area contributed by atoms with Gasteiger partial charge in [-0.05, 0) is 42.8 Å². The molecule has 120 valence electrons. The van der Waals surface area contributed by atoms with Crippen LogP contribution in [0.25, 0.3) is 10.4 Å². The molecule has 3 N–H and O–H groups in total. The van der Waals surface area contributed by atoms with Crippen LogP contribution >= 0.6 is 11.3 Å². The second-order valence-corrected chi connectivity index (χ2v) is 8.42. The minimum absolute atomic E-state index is 0.0839. The molecule has 0 spiro atoms. The lowest BCUT2D eigenvalue weighted by Gasteiger charge is -2.03. The summed E-state index contributed by atoms with van der Waals surface area (Å²) >= 11 is 1.64. The maximum atomic E-state index is 11.7. The van der Waals surface area contributed by atoms with Crippen LogP contribution in [0.4, 0.5) is 5.82 Å². The van der Waals surface area contributed by atoms with Crippen LogP contribution in [0.1, 0.15) is 24.0 Å². The standard InChI is InChI=1S/C16H17N3O2S2/c1-11-6-8-22-15(11)13-9-12(16(17)18-10-13)3-2-7-19-23(20,21)14-4-5-14/h6,8-10,14,19H,4-5,7H2,1H3,(H2,17,18). The molecule has 1 fully saturated rings. The number of nitrogens with two attached hydrogens (primary N) is 1. The first-order valence-corrected chi connectivity index (χ1v) is 9.67. The number of nitrogens with zero attached hydrogens (tertiary/aromatic N) is 1. The molecule has 0 saturated heterocycles. The molecule has 5 nitrogen and oxygen atoms in total. The van der Waals surface area contributed by atoms with Gasteiger partial charge in [0, 0.05) is 16.6 Å². The molecule has 7 heteroatoms. The molecule has 0 aliphatic heterocycles. The maximum absolute atomic E-state index is 11.7. The first-order valence-electron chi connectivity index (χ1n) is 7.25. The van der Waals surface area contributed by atoms with Gasteiger partial charge in [0.05, 0.1) is 17.4 Å². The molecule has 2 aromatic heterocycles. The normalized spacial score (nSPS) is 14.3. The van der Waals surface area contributed by atoms with Crippen LogP contribution in [0.2, 0.25) is 0 Å². The summed E-state index contributed by atoms with van der Waals surface area (Å²) in [4.78, 5) is 5.32. The van der Waals surface area contributed by atoms with Gasteiger partial charge in [-0.15, -0.1) is 11.3 Å². The summed E-state index contributed by atoms with van der Waals surface area (Å²) in [7, 11) is -3.20. The van der Waals surface area contributed by atoms with Crippen LogP contribution in [0.5, 0.6) is 0 Å². The number of nitrogens with one attached hydrogen (secondary N) is 1. The first kappa shape index (κ1) is 16.0. The molecule has 0 radical (unpaired) electrons. The van der Waals surface area contributed by atoms with Crippen molar-refractivity contribution in [2.45, 2.75) is 25.0 Å². The highest BCUT2D eigenvalue weighted by Crippen LogP contribution is 2.30. The maximum Gasteiger partial charge on any atom is 0.215 e. The largest absolute Gasteiger partial charge is 0.383 e. The van der Waals surface area contributed by atoms with Gasteiger partial charge in [-0.25, -0.2) is 18.1 Å². The Hall–Kier alpha value is -1.88. The fraction of sp³-hybridized carbons (Fsp3) is 0.312. The lowest BCUT2D eigenvalue weighted by molar-refractivity contribution is 0.584. The quantitative estimate of drug-likeness (QED) is 0.830. The van der Waals surface area contributed by atoms with Crippen molar-refractivity contribution in [3.05, 3.63) is 34.8 Å². The highest BCUT2D eigenvalue weighted by atomic mass is 32.2. The Balaban J connectivity index is 1.75. The van der Waals surface area contributed by atoms with Crippen molar-refractivity contribution < 1.29 is 8.42 Å². The predicted octanol–water partition coefficient (Wildman–Crippen LogP) is 2.13. The van der Waals surface area contributed by atoms with Crippen molar-refractivity contribution in [2.24, 2.45) is 0 Å². The number of aryl methyl sites for hydroxylation is 1. The molecule has 0 unspecified atom stereocenters. The molecule has 0 bridgehead atoms. The molecular formula is C16H17N3O2S2. The SMILES string of the molecule is Cc1ccsc1-c1cnc(N)c(C#CCNS(=O)(=O)C2CC2)c1. The Kier molecular flexibility index (Phi) is 4.39. The minimum Gasteiger partial charge on any atom is -0.383 e. The zero-order chi connectivity index (χ0) is 16.4. The monoisotopic (exact) mass is 347 g/mol. The van der Waals surface area contributed by atoms with Gasteiger partial charge in [0.2, 0.25) is 10.0 Å². The van der Waals surface area contributed by atoms with Gasteiger partial charge in [0.15, 0.2) is 0 Å². The Morgan fingerprint density at radius 1 is 1.48 bits per heavy atom. The molecule has 2 heterocycles. The number of thiophene rings is 1. The summed E-state index contributed by atoms with van der Waals surface area (Å²) in [6, 6.07) is 3.94. The van der Waals surface area contributed by atoms with E-state index in [1.807, 2.05) is 24.4 Å². The van der Waals surface area contributed by atoms with Gasteiger partial charge in [0.1, 0.15) is 5.82 Å². The Morgan fingerprint density at radius 3 is 2.91 bits per heavy atom. The molecule has 3 rings (SSSR count). The third-order valence-electron chi connectivity index (χ3n) is 3.59.